The Kier molecular flexibility index (Phi) is 8.67. The molecule has 1 aliphatic rings. The van der Waals surface area contributed by atoms with E-state index in [-0.39, 0.29) is 16.8 Å². The van der Waals surface area contributed by atoms with Crippen molar-refractivity contribution in [3.63, 3.8) is 0 Å². The molecule has 8 heteroatoms. The number of carbonyl (C=O) groups is 1. The molecule has 2 aromatic carbocycles. The maximum absolute atomic E-state index is 13.0. The summed E-state index contributed by atoms with van der Waals surface area (Å²) in [6.45, 7) is 3.44. The lowest BCUT2D eigenvalue weighted by atomic mass is 9.96. The van der Waals surface area contributed by atoms with Crippen LogP contribution < -0.4 is 10.1 Å². The Morgan fingerprint density at radius 2 is 1.78 bits per heavy atom. The number of anilines is 1. The minimum absolute atomic E-state index is 0.0520. The summed E-state index contributed by atoms with van der Waals surface area (Å²) in [4.78, 5) is 12.9. The van der Waals surface area contributed by atoms with E-state index in [2.05, 4.69) is 5.32 Å². The largest absolute Gasteiger partial charge is 0.491 e. The van der Waals surface area contributed by atoms with E-state index >= 15 is 0 Å². The highest BCUT2D eigenvalue weighted by atomic mass is 32.2. The highest BCUT2D eigenvalue weighted by Gasteiger charge is 2.28. The second-order valence-electron chi connectivity index (χ2n) is 7.86. The first-order valence-electron chi connectivity index (χ1n) is 11.1. The molecule has 0 radical (unpaired) electrons. The Morgan fingerprint density at radius 3 is 2.47 bits per heavy atom. The van der Waals surface area contributed by atoms with Crippen molar-refractivity contribution in [2.75, 3.05) is 32.2 Å². The number of amides is 1. The maximum atomic E-state index is 13.0. The van der Waals surface area contributed by atoms with Crippen LogP contribution in [0.4, 0.5) is 5.69 Å². The van der Waals surface area contributed by atoms with Crippen LogP contribution in [0.25, 0.3) is 0 Å². The molecule has 0 saturated heterocycles. The normalized spacial score (nSPS) is 15.0. The van der Waals surface area contributed by atoms with Crippen molar-refractivity contribution in [1.29, 1.82) is 0 Å². The molecule has 0 aliphatic heterocycles. The van der Waals surface area contributed by atoms with Gasteiger partial charge in [0, 0.05) is 30.9 Å². The molecule has 0 spiro atoms. The zero-order valence-corrected chi connectivity index (χ0v) is 19.6. The SMILES string of the molecule is CCOCCOc1cccc(C(=O)Nc2ccc(S(=O)(=O)N(C)C3CCCCC3)cc2)c1. The van der Waals surface area contributed by atoms with Gasteiger partial charge in [0.1, 0.15) is 12.4 Å². The van der Waals surface area contributed by atoms with Gasteiger partial charge in [0.2, 0.25) is 10.0 Å². The van der Waals surface area contributed by atoms with Gasteiger partial charge in [-0.1, -0.05) is 25.3 Å². The van der Waals surface area contributed by atoms with Crippen LogP contribution in [-0.4, -0.2) is 51.5 Å². The molecule has 3 rings (SSSR count). The third-order valence-corrected chi connectivity index (χ3v) is 7.60. The van der Waals surface area contributed by atoms with Crippen LogP contribution in [0.1, 0.15) is 49.4 Å². The summed E-state index contributed by atoms with van der Waals surface area (Å²) in [7, 11) is -1.90. The third kappa shape index (κ3) is 6.31. The average molecular weight is 461 g/mol. The van der Waals surface area contributed by atoms with Crippen LogP contribution in [0.2, 0.25) is 0 Å². The third-order valence-electron chi connectivity index (χ3n) is 5.67. The standard InChI is InChI=1S/C24H32N2O5S/c1-3-30-16-17-31-22-11-7-8-19(18-22)24(27)25-20-12-14-23(15-13-20)32(28,29)26(2)21-9-5-4-6-10-21/h7-8,11-15,18,21H,3-6,9-10,16-17H2,1-2H3,(H,25,27). The van der Waals surface area contributed by atoms with Crippen molar-refractivity contribution in [1.82, 2.24) is 4.31 Å². The number of ether oxygens (including phenoxy) is 2. The summed E-state index contributed by atoms with van der Waals surface area (Å²) in [5.41, 5.74) is 0.976. The van der Waals surface area contributed by atoms with E-state index in [0.29, 0.717) is 36.8 Å². The molecular weight excluding hydrogens is 428 g/mol. The molecule has 1 aliphatic carbocycles. The van der Waals surface area contributed by atoms with E-state index in [0.717, 1.165) is 25.7 Å². The molecule has 0 unspecified atom stereocenters. The first-order chi connectivity index (χ1) is 15.4. The van der Waals surface area contributed by atoms with E-state index in [4.69, 9.17) is 9.47 Å². The van der Waals surface area contributed by atoms with Crippen LogP contribution in [0.5, 0.6) is 5.75 Å². The summed E-state index contributed by atoms with van der Waals surface area (Å²) in [6, 6.07) is 13.3. The molecule has 0 aromatic heterocycles. The van der Waals surface area contributed by atoms with E-state index in [1.807, 2.05) is 6.92 Å². The van der Waals surface area contributed by atoms with Crippen molar-refractivity contribution < 1.29 is 22.7 Å². The van der Waals surface area contributed by atoms with Gasteiger partial charge in [-0.05, 0) is 62.2 Å². The lowest BCUT2D eigenvalue weighted by molar-refractivity contribution is 0.102. The van der Waals surface area contributed by atoms with Gasteiger partial charge in [0.05, 0.1) is 11.5 Å². The second kappa shape index (κ2) is 11.4. The fourth-order valence-electron chi connectivity index (χ4n) is 3.81. The fraction of sp³-hybridized carbons (Fsp3) is 0.458. The Hall–Kier alpha value is -2.42. The van der Waals surface area contributed by atoms with E-state index in [1.165, 1.54) is 22.9 Å². The number of hydrogen-bond acceptors (Lipinski definition) is 5. The monoisotopic (exact) mass is 460 g/mol. The highest BCUT2D eigenvalue weighted by molar-refractivity contribution is 7.89. The Bertz CT molecular complexity index is 986. The van der Waals surface area contributed by atoms with Gasteiger partial charge in [-0.15, -0.1) is 0 Å². The number of benzene rings is 2. The van der Waals surface area contributed by atoms with E-state index in [1.54, 1.807) is 43.4 Å². The van der Waals surface area contributed by atoms with Gasteiger partial charge < -0.3 is 14.8 Å². The van der Waals surface area contributed by atoms with Crippen molar-refractivity contribution in [3.8, 4) is 5.75 Å². The van der Waals surface area contributed by atoms with Gasteiger partial charge in [-0.2, -0.15) is 4.31 Å². The van der Waals surface area contributed by atoms with Crippen molar-refractivity contribution in [3.05, 3.63) is 54.1 Å². The zero-order chi connectivity index (χ0) is 23.0. The fourth-order valence-corrected chi connectivity index (χ4v) is 5.23. The quantitative estimate of drug-likeness (QED) is 0.534. The van der Waals surface area contributed by atoms with Crippen LogP contribution in [0, 0.1) is 0 Å². The number of sulfonamides is 1. The number of nitrogens with one attached hydrogen (secondary N) is 1. The predicted molar refractivity (Wildman–Crippen MR) is 125 cm³/mol. The molecule has 2 aromatic rings. The second-order valence-corrected chi connectivity index (χ2v) is 9.86. The summed E-state index contributed by atoms with van der Waals surface area (Å²) in [5.74, 6) is 0.291. The minimum atomic E-state index is -3.56. The molecule has 1 N–H and O–H groups in total. The first kappa shape index (κ1) is 24.2. The zero-order valence-electron chi connectivity index (χ0n) is 18.7. The van der Waals surface area contributed by atoms with Crippen LogP contribution in [-0.2, 0) is 14.8 Å². The maximum Gasteiger partial charge on any atom is 0.255 e. The Balaban J connectivity index is 1.62. The van der Waals surface area contributed by atoms with Crippen molar-refractivity contribution in [2.45, 2.75) is 50.0 Å². The predicted octanol–water partition coefficient (Wildman–Crippen LogP) is 4.31. The lowest BCUT2D eigenvalue weighted by Gasteiger charge is -2.30. The molecule has 174 valence electrons. The number of nitrogens with zero attached hydrogens (tertiary/aromatic N) is 1. The highest BCUT2D eigenvalue weighted by Crippen LogP contribution is 2.27. The Morgan fingerprint density at radius 1 is 1.06 bits per heavy atom. The van der Waals surface area contributed by atoms with E-state index < -0.39 is 10.0 Å². The number of rotatable bonds is 10. The topological polar surface area (TPSA) is 84.9 Å². The molecule has 1 fully saturated rings. The van der Waals surface area contributed by atoms with Gasteiger partial charge in [-0.3, -0.25) is 4.79 Å². The molecule has 1 saturated carbocycles. The lowest BCUT2D eigenvalue weighted by Crippen LogP contribution is -2.38. The molecule has 0 atom stereocenters. The summed E-state index contributed by atoms with van der Waals surface area (Å²) in [5, 5.41) is 2.81. The summed E-state index contributed by atoms with van der Waals surface area (Å²) >= 11 is 0. The Labute approximate surface area is 190 Å². The first-order valence-corrected chi connectivity index (χ1v) is 12.6. The smallest absolute Gasteiger partial charge is 0.255 e. The molecule has 32 heavy (non-hydrogen) atoms. The van der Waals surface area contributed by atoms with Crippen molar-refractivity contribution in [2.24, 2.45) is 0 Å². The molecule has 0 bridgehead atoms. The van der Waals surface area contributed by atoms with Gasteiger partial charge in [0.15, 0.2) is 0 Å². The number of carbonyl (C=O) groups excluding carboxylic acids is 1. The molecule has 0 heterocycles. The molecule has 1 amide bonds. The van der Waals surface area contributed by atoms with Gasteiger partial charge in [-0.25, -0.2) is 8.42 Å². The van der Waals surface area contributed by atoms with E-state index in [9.17, 15) is 13.2 Å². The van der Waals surface area contributed by atoms with Crippen LogP contribution in [0.3, 0.4) is 0 Å². The minimum Gasteiger partial charge on any atom is -0.491 e. The van der Waals surface area contributed by atoms with Gasteiger partial charge >= 0.3 is 0 Å². The van der Waals surface area contributed by atoms with Crippen molar-refractivity contribution >= 4 is 21.6 Å². The van der Waals surface area contributed by atoms with Crippen LogP contribution >= 0.6 is 0 Å². The molecular formula is C24H32N2O5S. The average Bonchev–Trinajstić information content (AvgIpc) is 2.82. The summed E-state index contributed by atoms with van der Waals surface area (Å²) < 4.78 is 38.3. The molecule has 7 nitrogen and oxygen atoms in total. The van der Waals surface area contributed by atoms with Gasteiger partial charge in [0.25, 0.3) is 5.91 Å². The van der Waals surface area contributed by atoms with Crippen LogP contribution in [0.15, 0.2) is 53.4 Å². The summed E-state index contributed by atoms with van der Waals surface area (Å²) in [6.07, 6.45) is 5.10. The number of hydrogen-bond donors (Lipinski definition) is 1.